The molecule has 0 saturated carbocycles. The largest absolute Gasteiger partial charge is 0.380 e. The summed E-state index contributed by atoms with van der Waals surface area (Å²) in [6, 6.07) is 13.2. The predicted octanol–water partition coefficient (Wildman–Crippen LogP) is 3.70. The van der Waals surface area contributed by atoms with E-state index in [9.17, 15) is 4.79 Å². The zero-order valence-electron chi connectivity index (χ0n) is 11.5. The maximum Gasteiger partial charge on any atom is 0.251 e. The fourth-order valence-corrected chi connectivity index (χ4v) is 2.85. The van der Waals surface area contributed by atoms with E-state index in [2.05, 4.69) is 26.6 Å². The smallest absolute Gasteiger partial charge is 0.251 e. The summed E-state index contributed by atoms with van der Waals surface area (Å²) in [5.41, 5.74) is 3.73. The molecule has 1 amide bonds. The Labute approximate surface area is 131 Å². The van der Waals surface area contributed by atoms with Gasteiger partial charge in [0.05, 0.1) is 6.61 Å². The van der Waals surface area contributed by atoms with Gasteiger partial charge in [0, 0.05) is 34.1 Å². The second kappa shape index (κ2) is 5.87. The third-order valence-corrected chi connectivity index (χ3v) is 3.95. The van der Waals surface area contributed by atoms with Crippen molar-refractivity contribution in [3.8, 4) is 0 Å². The van der Waals surface area contributed by atoms with E-state index in [1.54, 1.807) is 7.11 Å². The van der Waals surface area contributed by atoms with Crippen molar-refractivity contribution in [3.05, 3.63) is 58.1 Å². The summed E-state index contributed by atoms with van der Waals surface area (Å²) in [7, 11) is 1.66. The Morgan fingerprint density at radius 2 is 2.10 bits per heavy atom. The molecule has 3 rings (SSSR count). The Balaban J connectivity index is 1.93. The van der Waals surface area contributed by atoms with Crippen molar-refractivity contribution in [2.24, 2.45) is 0 Å². The Morgan fingerprint density at radius 1 is 1.29 bits per heavy atom. The molecule has 1 atom stereocenters. The van der Waals surface area contributed by atoms with Crippen LogP contribution in [0.3, 0.4) is 0 Å². The first-order valence-electron chi connectivity index (χ1n) is 6.62. The van der Waals surface area contributed by atoms with Crippen molar-refractivity contribution in [1.82, 2.24) is 0 Å². The highest BCUT2D eigenvalue weighted by Gasteiger charge is 2.30. The fraction of sp³-hybridized carbons (Fsp3) is 0.188. The van der Waals surface area contributed by atoms with Crippen LogP contribution >= 0.6 is 15.9 Å². The van der Waals surface area contributed by atoms with E-state index < -0.39 is 6.04 Å². The highest BCUT2D eigenvalue weighted by Crippen LogP contribution is 2.35. The van der Waals surface area contributed by atoms with Gasteiger partial charge in [-0.1, -0.05) is 34.1 Å². The highest BCUT2D eigenvalue weighted by molar-refractivity contribution is 9.10. The third-order valence-electron chi connectivity index (χ3n) is 3.46. The number of fused-ring (bicyclic) bond motifs is 1. The quantitative estimate of drug-likeness (QED) is 0.887. The van der Waals surface area contributed by atoms with Crippen LogP contribution in [-0.2, 0) is 16.1 Å². The molecule has 4 nitrogen and oxygen atoms in total. The Kier molecular flexibility index (Phi) is 3.94. The molecule has 1 aliphatic heterocycles. The van der Waals surface area contributed by atoms with Crippen molar-refractivity contribution in [3.63, 3.8) is 0 Å². The zero-order valence-corrected chi connectivity index (χ0v) is 13.1. The van der Waals surface area contributed by atoms with Crippen LogP contribution in [0, 0.1) is 0 Å². The lowest BCUT2D eigenvalue weighted by Gasteiger charge is -2.16. The molecule has 0 aliphatic carbocycles. The van der Waals surface area contributed by atoms with Crippen molar-refractivity contribution in [2.45, 2.75) is 12.6 Å². The molecule has 0 spiro atoms. The summed E-state index contributed by atoms with van der Waals surface area (Å²) in [6.07, 6.45) is 0. The van der Waals surface area contributed by atoms with Gasteiger partial charge in [-0.05, 0) is 24.3 Å². The minimum absolute atomic E-state index is 0.0460. The van der Waals surface area contributed by atoms with Crippen LogP contribution in [0.4, 0.5) is 11.4 Å². The first-order valence-corrected chi connectivity index (χ1v) is 7.42. The van der Waals surface area contributed by atoms with Crippen LogP contribution in [0.2, 0.25) is 0 Å². The van der Waals surface area contributed by atoms with Crippen molar-refractivity contribution >= 4 is 33.2 Å². The van der Waals surface area contributed by atoms with Crippen molar-refractivity contribution in [1.29, 1.82) is 0 Å². The summed E-state index contributed by atoms with van der Waals surface area (Å²) >= 11 is 3.45. The number of hydrogen-bond donors (Lipinski definition) is 2. The molecular weight excluding hydrogens is 332 g/mol. The molecule has 21 heavy (non-hydrogen) atoms. The maximum atomic E-state index is 12.2. The third kappa shape index (κ3) is 2.80. The number of carbonyl (C=O) groups is 1. The van der Waals surface area contributed by atoms with Gasteiger partial charge in [0.15, 0.2) is 0 Å². The lowest BCUT2D eigenvalue weighted by Crippen LogP contribution is -2.20. The second-order valence-corrected chi connectivity index (χ2v) is 5.80. The lowest BCUT2D eigenvalue weighted by molar-refractivity contribution is -0.116. The van der Waals surface area contributed by atoms with Crippen LogP contribution in [0.1, 0.15) is 17.2 Å². The highest BCUT2D eigenvalue weighted by atomic mass is 79.9. The number of benzene rings is 2. The SMILES string of the molecule is COCc1ccccc1NC1C(=O)Nc2ccc(Br)cc21. The fourth-order valence-electron chi connectivity index (χ4n) is 2.47. The molecule has 108 valence electrons. The van der Waals surface area contributed by atoms with E-state index in [-0.39, 0.29) is 5.91 Å². The van der Waals surface area contributed by atoms with Crippen LogP contribution in [0.5, 0.6) is 0 Å². The summed E-state index contributed by atoms with van der Waals surface area (Å²) in [4.78, 5) is 12.2. The average molecular weight is 347 g/mol. The van der Waals surface area contributed by atoms with Gasteiger partial charge in [0.2, 0.25) is 0 Å². The molecular formula is C16H15BrN2O2. The van der Waals surface area contributed by atoms with Gasteiger partial charge in [0.1, 0.15) is 6.04 Å². The Hall–Kier alpha value is -1.85. The number of para-hydroxylation sites is 1. The van der Waals surface area contributed by atoms with E-state index in [4.69, 9.17) is 4.74 Å². The Bertz CT molecular complexity index is 688. The standard InChI is InChI=1S/C16H15BrN2O2/c1-21-9-10-4-2-3-5-13(10)18-15-12-8-11(17)6-7-14(12)19-16(15)20/h2-8,15,18H,9H2,1H3,(H,19,20). The van der Waals surface area contributed by atoms with E-state index in [1.165, 1.54) is 0 Å². The second-order valence-electron chi connectivity index (χ2n) is 4.89. The van der Waals surface area contributed by atoms with E-state index in [1.807, 2.05) is 42.5 Å². The molecule has 1 aliphatic rings. The number of hydrogen-bond acceptors (Lipinski definition) is 3. The van der Waals surface area contributed by atoms with Crippen LogP contribution < -0.4 is 10.6 Å². The number of nitrogens with one attached hydrogen (secondary N) is 2. The molecule has 2 aromatic carbocycles. The van der Waals surface area contributed by atoms with E-state index >= 15 is 0 Å². The molecule has 5 heteroatoms. The normalized spacial score (nSPS) is 16.5. The summed E-state index contributed by atoms with van der Waals surface area (Å²) in [6.45, 7) is 0.503. The van der Waals surface area contributed by atoms with Crippen molar-refractivity contribution < 1.29 is 9.53 Å². The van der Waals surface area contributed by atoms with Gasteiger partial charge in [-0.25, -0.2) is 0 Å². The molecule has 1 heterocycles. The average Bonchev–Trinajstić information content (AvgIpc) is 2.77. The van der Waals surface area contributed by atoms with Crippen molar-refractivity contribution in [2.75, 3.05) is 17.7 Å². The minimum Gasteiger partial charge on any atom is -0.380 e. The molecule has 0 saturated heterocycles. The monoisotopic (exact) mass is 346 g/mol. The van der Waals surface area contributed by atoms with Gasteiger partial charge in [0.25, 0.3) is 5.91 Å². The number of anilines is 2. The predicted molar refractivity (Wildman–Crippen MR) is 86.3 cm³/mol. The lowest BCUT2D eigenvalue weighted by atomic mass is 10.1. The van der Waals surface area contributed by atoms with Gasteiger partial charge in [-0.15, -0.1) is 0 Å². The van der Waals surface area contributed by atoms with Gasteiger partial charge in [-0.2, -0.15) is 0 Å². The van der Waals surface area contributed by atoms with E-state index in [0.717, 1.165) is 27.0 Å². The van der Waals surface area contributed by atoms with Crippen LogP contribution in [-0.4, -0.2) is 13.0 Å². The van der Waals surface area contributed by atoms with E-state index in [0.29, 0.717) is 6.61 Å². The number of rotatable bonds is 4. The van der Waals surface area contributed by atoms with Crippen LogP contribution in [0.25, 0.3) is 0 Å². The summed E-state index contributed by atoms with van der Waals surface area (Å²) < 4.78 is 6.15. The first kappa shape index (κ1) is 14.1. The Morgan fingerprint density at radius 3 is 2.90 bits per heavy atom. The summed E-state index contributed by atoms with van der Waals surface area (Å²) in [5.74, 6) is -0.0460. The maximum absolute atomic E-state index is 12.2. The summed E-state index contributed by atoms with van der Waals surface area (Å²) in [5, 5.41) is 6.21. The number of amides is 1. The minimum atomic E-state index is -0.393. The molecule has 1 unspecified atom stereocenters. The zero-order chi connectivity index (χ0) is 14.8. The molecule has 0 bridgehead atoms. The number of carbonyl (C=O) groups excluding carboxylic acids is 1. The molecule has 0 radical (unpaired) electrons. The number of ether oxygens (including phenoxy) is 1. The van der Waals surface area contributed by atoms with Crippen LogP contribution in [0.15, 0.2) is 46.9 Å². The molecule has 0 aromatic heterocycles. The first-order chi connectivity index (χ1) is 10.2. The number of methoxy groups -OCH3 is 1. The van der Waals surface area contributed by atoms with Gasteiger partial charge >= 0.3 is 0 Å². The molecule has 2 N–H and O–H groups in total. The number of halogens is 1. The van der Waals surface area contributed by atoms with Gasteiger partial charge < -0.3 is 15.4 Å². The topological polar surface area (TPSA) is 50.4 Å². The van der Waals surface area contributed by atoms with Gasteiger partial charge in [-0.3, -0.25) is 4.79 Å². The molecule has 2 aromatic rings. The molecule has 0 fully saturated rings.